The Labute approximate surface area is 113 Å². The van der Waals surface area contributed by atoms with Gasteiger partial charge >= 0.3 is 0 Å². The van der Waals surface area contributed by atoms with Gasteiger partial charge in [0.15, 0.2) is 0 Å². The predicted octanol–water partition coefficient (Wildman–Crippen LogP) is 2.99. The largest absolute Gasteiger partial charge is 0.384 e. The Bertz CT molecular complexity index is 455. The number of rotatable bonds is 4. The number of amidine groups is 1. The van der Waals surface area contributed by atoms with Crippen LogP contribution in [0.15, 0.2) is 11.1 Å². The molecule has 1 aliphatic rings. The zero-order valence-electron chi connectivity index (χ0n) is 11.1. The predicted molar refractivity (Wildman–Crippen MR) is 77.5 cm³/mol. The molecule has 4 heteroatoms. The number of aromatic nitrogens is 1. The van der Waals surface area contributed by atoms with E-state index in [2.05, 4.69) is 19.9 Å². The molecule has 0 unspecified atom stereocenters. The second-order valence-corrected chi connectivity index (χ2v) is 6.28. The molecule has 2 rings (SSSR count). The maximum absolute atomic E-state index is 7.70. The van der Waals surface area contributed by atoms with E-state index in [4.69, 9.17) is 16.1 Å². The van der Waals surface area contributed by atoms with Gasteiger partial charge in [-0.1, -0.05) is 13.8 Å². The summed E-state index contributed by atoms with van der Waals surface area (Å²) in [6.45, 7) is 4.39. The molecular weight excluding hydrogens is 242 g/mol. The van der Waals surface area contributed by atoms with Gasteiger partial charge < -0.3 is 5.73 Å². The minimum absolute atomic E-state index is 0.141. The van der Waals surface area contributed by atoms with E-state index in [1.54, 1.807) is 11.8 Å². The maximum Gasteiger partial charge on any atom is 0.125 e. The van der Waals surface area contributed by atoms with Crippen molar-refractivity contribution in [2.45, 2.75) is 44.6 Å². The van der Waals surface area contributed by atoms with Crippen LogP contribution >= 0.6 is 11.8 Å². The molecule has 1 aromatic heterocycles. The molecule has 0 atom stereocenters. The number of nitrogens with one attached hydrogen (secondary N) is 1. The topological polar surface area (TPSA) is 62.8 Å². The maximum atomic E-state index is 7.70. The van der Waals surface area contributed by atoms with Crippen LogP contribution in [0.25, 0.3) is 0 Å². The Morgan fingerprint density at radius 1 is 1.44 bits per heavy atom. The van der Waals surface area contributed by atoms with Gasteiger partial charge in [0.05, 0.1) is 0 Å². The van der Waals surface area contributed by atoms with Crippen LogP contribution in [0.1, 0.15) is 43.5 Å². The molecule has 18 heavy (non-hydrogen) atoms. The van der Waals surface area contributed by atoms with Gasteiger partial charge in [-0.2, -0.15) is 0 Å². The molecule has 1 aliphatic carbocycles. The molecule has 3 N–H and O–H groups in total. The van der Waals surface area contributed by atoms with E-state index in [0.717, 1.165) is 29.2 Å². The average Bonchev–Trinajstić information content (AvgIpc) is 2.35. The molecule has 0 spiro atoms. The number of fused-ring (bicyclic) bond motifs is 1. The average molecular weight is 263 g/mol. The first-order chi connectivity index (χ1) is 8.58. The zero-order chi connectivity index (χ0) is 13.1. The van der Waals surface area contributed by atoms with Crippen LogP contribution in [-0.2, 0) is 12.8 Å². The molecule has 1 heterocycles. The molecular formula is C14H21N3S. The fraction of sp³-hybridized carbons (Fsp3) is 0.571. The second kappa shape index (κ2) is 5.74. The number of nitrogens with two attached hydrogens (primary N) is 1. The van der Waals surface area contributed by atoms with Crippen LogP contribution in [-0.4, -0.2) is 16.6 Å². The Kier molecular flexibility index (Phi) is 4.27. The van der Waals surface area contributed by atoms with Gasteiger partial charge in [0.2, 0.25) is 0 Å². The van der Waals surface area contributed by atoms with Gasteiger partial charge in [-0.05, 0) is 43.2 Å². The van der Waals surface area contributed by atoms with Crippen molar-refractivity contribution in [2.75, 3.05) is 5.75 Å². The summed E-state index contributed by atoms with van der Waals surface area (Å²) < 4.78 is 0. The molecule has 0 aliphatic heterocycles. The number of nitrogens with zero attached hydrogens (tertiary/aromatic N) is 1. The Balaban J connectivity index is 2.33. The minimum Gasteiger partial charge on any atom is -0.384 e. The van der Waals surface area contributed by atoms with E-state index in [1.165, 1.54) is 24.1 Å². The summed E-state index contributed by atoms with van der Waals surface area (Å²) in [5.74, 6) is 1.78. The van der Waals surface area contributed by atoms with Gasteiger partial charge in [0, 0.05) is 17.0 Å². The highest BCUT2D eigenvalue weighted by molar-refractivity contribution is 7.99. The van der Waals surface area contributed by atoms with Crippen LogP contribution in [0, 0.1) is 11.3 Å². The fourth-order valence-electron chi connectivity index (χ4n) is 2.16. The van der Waals surface area contributed by atoms with Crippen molar-refractivity contribution < 1.29 is 0 Å². The summed E-state index contributed by atoms with van der Waals surface area (Å²) in [4.78, 5) is 4.75. The van der Waals surface area contributed by atoms with Crippen LogP contribution in [0.3, 0.4) is 0 Å². The highest BCUT2D eigenvalue weighted by Crippen LogP contribution is 2.28. The molecule has 0 saturated carbocycles. The van der Waals surface area contributed by atoms with Crippen molar-refractivity contribution in [3.63, 3.8) is 0 Å². The normalized spacial score (nSPS) is 14.6. The lowest BCUT2D eigenvalue weighted by atomic mass is 9.95. The smallest absolute Gasteiger partial charge is 0.125 e. The summed E-state index contributed by atoms with van der Waals surface area (Å²) in [5, 5.41) is 8.65. The van der Waals surface area contributed by atoms with Crippen molar-refractivity contribution in [1.29, 1.82) is 5.41 Å². The highest BCUT2D eigenvalue weighted by atomic mass is 32.2. The van der Waals surface area contributed by atoms with Gasteiger partial charge in [0.1, 0.15) is 10.9 Å². The number of nitrogen functional groups attached to an aromatic ring is 1. The number of thioether (sulfide) groups is 1. The van der Waals surface area contributed by atoms with Crippen LogP contribution in [0.4, 0.5) is 0 Å². The Morgan fingerprint density at radius 2 is 2.17 bits per heavy atom. The second-order valence-electron chi connectivity index (χ2n) is 5.27. The number of pyridine rings is 1. The first-order valence-electron chi connectivity index (χ1n) is 6.58. The molecule has 98 valence electrons. The summed E-state index contributed by atoms with van der Waals surface area (Å²) >= 11 is 1.72. The van der Waals surface area contributed by atoms with Crippen molar-refractivity contribution >= 4 is 17.6 Å². The summed E-state index contributed by atoms with van der Waals surface area (Å²) in [7, 11) is 0. The van der Waals surface area contributed by atoms with Crippen molar-refractivity contribution in [1.82, 2.24) is 4.98 Å². The standard InChI is InChI=1S/C14H21N3S/c1-9(2)8-18-14-11(13(15)16)7-10-5-3-4-6-12(10)17-14/h7,9H,3-6,8H2,1-2H3,(H3,15,16). The number of aryl methyl sites for hydroxylation is 2. The van der Waals surface area contributed by atoms with Crippen LogP contribution < -0.4 is 5.73 Å². The molecule has 3 nitrogen and oxygen atoms in total. The third-order valence-electron chi connectivity index (χ3n) is 3.11. The van der Waals surface area contributed by atoms with E-state index in [-0.39, 0.29) is 5.84 Å². The first kappa shape index (κ1) is 13.4. The molecule has 0 radical (unpaired) electrons. The molecule has 0 aromatic carbocycles. The van der Waals surface area contributed by atoms with E-state index in [1.807, 2.05) is 0 Å². The Hall–Kier alpha value is -1.03. The summed E-state index contributed by atoms with van der Waals surface area (Å²) in [6.07, 6.45) is 4.61. The van der Waals surface area contributed by atoms with E-state index < -0.39 is 0 Å². The summed E-state index contributed by atoms with van der Waals surface area (Å²) in [6, 6.07) is 2.09. The lowest BCUT2D eigenvalue weighted by Gasteiger charge is -2.18. The fourth-order valence-corrected chi connectivity index (χ4v) is 3.15. The lowest BCUT2D eigenvalue weighted by Crippen LogP contribution is -2.17. The zero-order valence-corrected chi connectivity index (χ0v) is 11.9. The Morgan fingerprint density at radius 3 is 2.83 bits per heavy atom. The summed E-state index contributed by atoms with van der Waals surface area (Å²) in [5.41, 5.74) is 9.02. The third-order valence-corrected chi connectivity index (χ3v) is 4.53. The SMILES string of the molecule is CC(C)CSc1nc2c(cc1C(=N)N)CCCC2. The molecule has 0 bridgehead atoms. The van der Waals surface area contributed by atoms with Crippen LogP contribution in [0.5, 0.6) is 0 Å². The number of hydrogen-bond acceptors (Lipinski definition) is 3. The minimum atomic E-state index is 0.141. The highest BCUT2D eigenvalue weighted by Gasteiger charge is 2.16. The van der Waals surface area contributed by atoms with Gasteiger partial charge in [-0.25, -0.2) is 4.98 Å². The number of hydrogen-bond donors (Lipinski definition) is 2. The first-order valence-corrected chi connectivity index (χ1v) is 7.56. The van der Waals surface area contributed by atoms with Crippen molar-refractivity contribution in [3.05, 3.63) is 22.9 Å². The molecule has 0 amide bonds. The third kappa shape index (κ3) is 3.05. The van der Waals surface area contributed by atoms with Gasteiger partial charge in [-0.15, -0.1) is 11.8 Å². The molecule has 0 fully saturated rings. The van der Waals surface area contributed by atoms with Crippen molar-refractivity contribution in [3.8, 4) is 0 Å². The van der Waals surface area contributed by atoms with Crippen LogP contribution in [0.2, 0.25) is 0 Å². The van der Waals surface area contributed by atoms with E-state index in [0.29, 0.717) is 5.92 Å². The van der Waals surface area contributed by atoms with Gasteiger partial charge in [-0.3, -0.25) is 5.41 Å². The lowest BCUT2D eigenvalue weighted by molar-refractivity contribution is 0.659. The van der Waals surface area contributed by atoms with E-state index >= 15 is 0 Å². The van der Waals surface area contributed by atoms with E-state index in [9.17, 15) is 0 Å². The quantitative estimate of drug-likeness (QED) is 0.498. The molecule has 1 aromatic rings. The monoisotopic (exact) mass is 263 g/mol. The van der Waals surface area contributed by atoms with Crippen molar-refractivity contribution in [2.24, 2.45) is 11.7 Å². The molecule has 0 saturated heterocycles. The van der Waals surface area contributed by atoms with Gasteiger partial charge in [0.25, 0.3) is 0 Å².